The lowest BCUT2D eigenvalue weighted by molar-refractivity contribution is -0.150. The zero-order chi connectivity index (χ0) is 25.6. The van der Waals surface area contributed by atoms with Gasteiger partial charge in [0.2, 0.25) is 0 Å². The molecule has 1 N–H and O–H groups in total. The molecule has 0 atom stereocenters. The number of halogens is 2. The molecule has 0 unspecified atom stereocenters. The number of nitrogens with zero attached hydrogens (tertiary/aromatic N) is 1. The van der Waals surface area contributed by atoms with Gasteiger partial charge in [0.05, 0.1) is 34.4 Å². The summed E-state index contributed by atoms with van der Waals surface area (Å²) >= 11 is 13.0. The molecule has 1 aromatic heterocycles. The van der Waals surface area contributed by atoms with E-state index in [1.165, 1.54) is 0 Å². The lowest BCUT2D eigenvalue weighted by atomic mass is 9.59. The summed E-state index contributed by atoms with van der Waals surface area (Å²) in [5, 5.41) is 14.6. The van der Waals surface area contributed by atoms with Gasteiger partial charge >= 0.3 is 5.97 Å². The Labute approximate surface area is 225 Å². The average Bonchev–Trinajstić information content (AvgIpc) is 3.68. The van der Waals surface area contributed by atoms with Crippen molar-refractivity contribution in [3.63, 3.8) is 0 Å². The van der Waals surface area contributed by atoms with Crippen molar-refractivity contribution < 1.29 is 23.9 Å². The topological polar surface area (TPSA) is 81.8 Å². The van der Waals surface area contributed by atoms with Crippen LogP contribution in [0.3, 0.4) is 0 Å². The van der Waals surface area contributed by atoms with Gasteiger partial charge in [0.1, 0.15) is 17.2 Å². The van der Waals surface area contributed by atoms with Gasteiger partial charge in [-0.2, -0.15) is 0 Å². The molecule has 4 saturated carbocycles. The highest BCUT2D eigenvalue weighted by atomic mass is 35.5. The average molecular weight is 542 g/mol. The van der Waals surface area contributed by atoms with Crippen LogP contribution in [-0.4, -0.2) is 28.4 Å². The van der Waals surface area contributed by atoms with Crippen molar-refractivity contribution >= 4 is 29.2 Å². The maximum absolute atomic E-state index is 11.1. The van der Waals surface area contributed by atoms with Crippen molar-refractivity contribution in [3.8, 4) is 17.0 Å². The number of benzene rings is 2. The molecule has 4 aliphatic carbocycles. The highest BCUT2D eigenvalue weighted by Gasteiger charge is 2.50. The van der Waals surface area contributed by atoms with Crippen LogP contribution in [-0.2, 0) is 11.3 Å². The van der Waals surface area contributed by atoms with E-state index in [0.29, 0.717) is 46.2 Å². The van der Waals surface area contributed by atoms with Gasteiger partial charge in [-0.25, -0.2) is 4.79 Å². The molecule has 2 aromatic carbocycles. The van der Waals surface area contributed by atoms with E-state index in [1.54, 1.807) is 24.3 Å². The van der Waals surface area contributed by atoms with Crippen molar-refractivity contribution in [2.24, 2.45) is 5.41 Å². The Morgan fingerprint density at radius 3 is 2.24 bits per heavy atom. The summed E-state index contributed by atoms with van der Waals surface area (Å²) < 4.78 is 18.6. The minimum absolute atomic E-state index is 0.142. The molecule has 0 radical (unpaired) electrons. The first-order valence-electron chi connectivity index (χ1n) is 12.9. The van der Waals surface area contributed by atoms with Crippen LogP contribution < -0.4 is 4.74 Å². The van der Waals surface area contributed by atoms with E-state index in [-0.39, 0.29) is 16.6 Å². The summed E-state index contributed by atoms with van der Waals surface area (Å²) in [5.74, 6) is 1.08. The molecule has 8 heteroatoms. The first-order valence-corrected chi connectivity index (χ1v) is 13.7. The van der Waals surface area contributed by atoms with Gasteiger partial charge in [0.15, 0.2) is 0 Å². The van der Waals surface area contributed by atoms with Gasteiger partial charge in [0.25, 0.3) is 0 Å². The van der Waals surface area contributed by atoms with Crippen molar-refractivity contribution in [2.45, 2.75) is 69.5 Å². The Hall–Kier alpha value is -2.54. The summed E-state index contributed by atoms with van der Waals surface area (Å²) in [6, 6.07) is 12.1. The molecule has 194 valence electrons. The van der Waals surface area contributed by atoms with Crippen molar-refractivity contribution in [1.29, 1.82) is 0 Å². The molecule has 4 fully saturated rings. The fraction of sp³-hybridized carbons (Fsp3) is 0.448. The number of carbonyl (C=O) groups is 1. The van der Waals surface area contributed by atoms with E-state index in [2.05, 4.69) is 5.16 Å². The van der Waals surface area contributed by atoms with E-state index in [1.807, 2.05) is 18.2 Å². The third kappa shape index (κ3) is 4.87. The van der Waals surface area contributed by atoms with Gasteiger partial charge in [-0.15, -0.1) is 0 Å². The third-order valence-corrected chi connectivity index (χ3v) is 9.10. The van der Waals surface area contributed by atoms with Gasteiger partial charge in [-0.3, -0.25) is 0 Å². The Morgan fingerprint density at radius 1 is 1.00 bits per heavy atom. The number of fused-ring (bicyclic) bond motifs is 3. The number of ether oxygens (including phenoxy) is 2. The van der Waals surface area contributed by atoms with E-state index in [0.717, 1.165) is 62.7 Å². The van der Waals surface area contributed by atoms with Gasteiger partial charge in [-0.1, -0.05) is 34.4 Å². The second-order valence-electron chi connectivity index (χ2n) is 10.8. The molecule has 4 aliphatic rings. The van der Waals surface area contributed by atoms with Crippen LogP contribution in [0.1, 0.15) is 79.0 Å². The summed E-state index contributed by atoms with van der Waals surface area (Å²) in [4.78, 5) is 11.1. The number of aromatic carboxylic acids is 1. The van der Waals surface area contributed by atoms with Gasteiger partial charge < -0.3 is 19.1 Å². The zero-order valence-electron chi connectivity index (χ0n) is 20.5. The Bertz CT molecular complexity index is 1270. The lowest BCUT2D eigenvalue weighted by Crippen LogP contribution is -2.49. The Morgan fingerprint density at radius 2 is 1.65 bits per heavy atom. The number of carboxylic acid groups (broad SMARTS) is 1. The molecule has 0 spiro atoms. The zero-order valence-corrected chi connectivity index (χ0v) is 22.0. The summed E-state index contributed by atoms with van der Waals surface area (Å²) in [6.45, 7) is 1.08. The molecule has 2 bridgehead atoms. The number of carboxylic acids is 1. The molecule has 6 nitrogen and oxygen atoms in total. The number of hydrogen-bond donors (Lipinski definition) is 1. The summed E-state index contributed by atoms with van der Waals surface area (Å²) in [5.41, 5.74) is 2.63. The monoisotopic (exact) mass is 541 g/mol. The fourth-order valence-electron chi connectivity index (χ4n) is 5.87. The van der Waals surface area contributed by atoms with Gasteiger partial charge in [-0.05, 0) is 87.8 Å². The maximum atomic E-state index is 11.1. The lowest BCUT2D eigenvalue weighted by Gasteiger charge is -2.52. The minimum atomic E-state index is -0.932. The highest BCUT2D eigenvalue weighted by Crippen LogP contribution is 2.55. The first kappa shape index (κ1) is 24.8. The second kappa shape index (κ2) is 9.64. The number of hydrogen-bond acceptors (Lipinski definition) is 5. The molecule has 37 heavy (non-hydrogen) atoms. The summed E-state index contributed by atoms with van der Waals surface area (Å²) in [7, 11) is 0. The van der Waals surface area contributed by atoms with Crippen LogP contribution in [0.25, 0.3) is 11.3 Å². The second-order valence-corrected chi connectivity index (χ2v) is 11.6. The molecule has 3 aromatic rings. The molecule has 0 saturated heterocycles. The van der Waals surface area contributed by atoms with E-state index < -0.39 is 5.97 Å². The smallest absolute Gasteiger partial charge is 0.335 e. The molecule has 1 heterocycles. The third-order valence-electron chi connectivity index (χ3n) is 8.47. The Kier molecular flexibility index (Phi) is 6.46. The standard InChI is InChI=1S/C29H29Cl2NO5/c30-22-2-1-3-23(31)24(22)25-21(26(37-32-25)18-4-5-18)16-36-29-13-10-28(11-14-29,12-15-29)17-35-20-8-6-19(7-9-20)27(33)34/h1-3,6-9,18H,4-5,10-17H2,(H,33,34). The number of aromatic nitrogens is 1. The summed E-state index contributed by atoms with van der Waals surface area (Å²) in [6.07, 6.45) is 8.30. The van der Waals surface area contributed by atoms with Gasteiger partial charge in [0, 0.05) is 22.5 Å². The van der Waals surface area contributed by atoms with Crippen LogP contribution in [0.5, 0.6) is 5.75 Å². The van der Waals surface area contributed by atoms with Crippen LogP contribution >= 0.6 is 23.2 Å². The SMILES string of the molecule is O=C(O)c1ccc(OCC23CCC(OCc4c(-c5c(Cl)cccc5Cl)noc4C4CC4)(CC2)CC3)cc1. The quantitative estimate of drug-likeness (QED) is 0.296. The van der Waals surface area contributed by atoms with Crippen molar-refractivity contribution in [2.75, 3.05) is 6.61 Å². The van der Waals surface area contributed by atoms with Crippen LogP contribution in [0.4, 0.5) is 0 Å². The van der Waals surface area contributed by atoms with Crippen molar-refractivity contribution in [1.82, 2.24) is 5.16 Å². The van der Waals surface area contributed by atoms with Crippen LogP contribution in [0, 0.1) is 5.41 Å². The molecule has 0 aliphatic heterocycles. The largest absolute Gasteiger partial charge is 0.493 e. The predicted molar refractivity (Wildman–Crippen MR) is 140 cm³/mol. The highest BCUT2D eigenvalue weighted by molar-refractivity contribution is 6.39. The first-order chi connectivity index (χ1) is 17.9. The molecule has 7 rings (SSSR count). The predicted octanol–water partition coefficient (Wildman–Crippen LogP) is 7.91. The molecule has 0 amide bonds. The van der Waals surface area contributed by atoms with Crippen molar-refractivity contribution in [3.05, 3.63) is 69.4 Å². The molecular weight excluding hydrogens is 513 g/mol. The minimum Gasteiger partial charge on any atom is -0.493 e. The van der Waals surface area contributed by atoms with Crippen LogP contribution in [0.15, 0.2) is 47.0 Å². The number of rotatable bonds is 9. The fourth-order valence-corrected chi connectivity index (χ4v) is 6.44. The van der Waals surface area contributed by atoms with E-state index in [9.17, 15) is 4.79 Å². The van der Waals surface area contributed by atoms with E-state index in [4.69, 9.17) is 42.3 Å². The normalized spacial score (nSPS) is 24.8. The maximum Gasteiger partial charge on any atom is 0.335 e. The molecular formula is C29H29Cl2NO5. The van der Waals surface area contributed by atoms with E-state index >= 15 is 0 Å². The Balaban J connectivity index is 1.13. The van der Waals surface area contributed by atoms with Crippen LogP contribution in [0.2, 0.25) is 10.0 Å².